The van der Waals surface area contributed by atoms with E-state index in [0.29, 0.717) is 6.54 Å². The van der Waals surface area contributed by atoms with Gasteiger partial charge in [-0.3, -0.25) is 4.98 Å². The summed E-state index contributed by atoms with van der Waals surface area (Å²) in [5.41, 5.74) is 6.78. The van der Waals surface area contributed by atoms with Crippen molar-refractivity contribution in [1.29, 1.82) is 0 Å². The van der Waals surface area contributed by atoms with Gasteiger partial charge >= 0.3 is 0 Å². The molecule has 0 fully saturated rings. The van der Waals surface area contributed by atoms with E-state index in [9.17, 15) is 0 Å². The maximum atomic E-state index is 5.80. The van der Waals surface area contributed by atoms with E-state index in [1.54, 1.807) is 29.3 Å². The molecule has 2 rings (SSSR count). The molecule has 2 N–H and O–H groups in total. The van der Waals surface area contributed by atoms with Gasteiger partial charge in [0.2, 0.25) is 5.13 Å². The van der Waals surface area contributed by atoms with Crippen LogP contribution in [0.4, 0.5) is 5.13 Å². The van der Waals surface area contributed by atoms with Crippen molar-refractivity contribution in [2.24, 2.45) is 5.73 Å². The van der Waals surface area contributed by atoms with Crippen LogP contribution in [0.15, 0.2) is 28.7 Å². The van der Waals surface area contributed by atoms with Crippen molar-refractivity contribution < 1.29 is 0 Å². The number of anilines is 1. The second-order valence-electron chi connectivity index (χ2n) is 3.84. The van der Waals surface area contributed by atoms with Crippen LogP contribution in [0.5, 0.6) is 0 Å². The third-order valence-electron chi connectivity index (χ3n) is 2.25. The summed E-state index contributed by atoms with van der Waals surface area (Å²) in [6.45, 7) is 0.526. The average Bonchev–Trinajstić information content (AvgIpc) is 2.86. The highest BCUT2D eigenvalue weighted by atomic mass is 32.2. The van der Waals surface area contributed by atoms with E-state index < -0.39 is 0 Å². The van der Waals surface area contributed by atoms with Crippen molar-refractivity contribution in [2.75, 3.05) is 25.5 Å². The lowest BCUT2D eigenvalue weighted by atomic mass is 10.3. The van der Waals surface area contributed by atoms with Gasteiger partial charge in [-0.15, -0.1) is 10.2 Å². The van der Waals surface area contributed by atoms with Crippen molar-refractivity contribution in [3.8, 4) is 0 Å². The van der Waals surface area contributed by atoms with Crippen LogP contribution in [-0.2, 0) is 0 Å². The number of nitrogens with two attached hydrogens (primary N) is 1. The predicted octanol–water partition coefficient (Wildman–Crippen LogP) is 1.79. The fourth-order valence-electron chi connectivity index (χ4n) is 1.35. The molecule has 0 spiro atoms. The minimum Gasteiger partial charge on any atom is -0.353 e. The minimum absolute atomic E-state index is 0.120. The van der Waals surface area contributed by atoms with Crippen molar-refractivity contribution in [3.63, 3.8) is 0 Å². The SMILES string of the molecule is CN(C)c1nnc(SC(CN)c2ccccn2)s1. The number of aromatic nitrogens is 3. The summed E-state index contributed by atoms with van der Waals surface area (Å²) in [5.74, 6) is 0. The van der Waals surface area contributed by atoms with E-state index in [4.69, 9.17) is 5.73 Å². The lowest BCUT2D eigenvalue weighted by molar-refractivity contribution is 0.892. The Morgan fingerprint density at radius 2 is 2.22 bits per heavy atom. The minimum atomic E-state index is 0.120. The van der Waals surface area contributed by atoms with E-state index in [0.717, 1.165) is 15.2 Å². The molecule has 0 saturated carbocycles. The standard InChI is InChI=1S/C11H15N5S2/c1-16(2)10-14-15-11(18-10)17-9(7-12)8-5-3-4-6-13-8/h3-6,9H,7,12H2,1-2H3. The topological polar surface area (TPSA) is 67.9 Å². The fourth-order valence-corrected chi connectivity index (χ4v) is 3.30. The number of rotatable bonds is 5. The van der Waals surface area contributed by atoms with Gasteiger partial charge in [0, 0.05) is 26.8 Å². The lowest BCUT2D eigenvalue weighted by Gasteiger charge is -2.11. The monoisotopic (exact) mass is 281 g/mol. The Kier molecular flexibility index (Phi) is 4.51. The number of hydrogen-bond acceptors (Lipinski definition) is 7. The molecule has 18 heavy (non-hydrogen) atoms. The molecule has 1 atom stereocenters. The highest BCUT2D eigenvalue weighted by Crippen LogP contribution is 2.36. The normalized spacial score (nSPS) is 12.4. The summed E-state index contributed by atoms with van der Waals surface area (Å²) < 4.78 is 0.916. The Bertz CT molecular complexity index is 485. The van der Waals surface area contributed by atoms with Crippen LogP contribution in [0, 0.1) is 0 Å². The van der Waals surface area contributed by atoms with Crippen molar-refractivity contribution in [3.05, 3.63) is 30.1 Å². The highest BCUT2D eigenvalue weighted by Gasteiger charge is 2.16. The summed E-state index contributed by atoms with van der Waals surface area (Å²) in [5, 5.41) is 9.28. The summed E-state index contributed by atoms with van der Waals surface area (Å²) in [4.78, 5) is 6.28. The smallest absolute Gasteiger partial charge is 0.208 e. The van der Waals surface area contributed by atoms with Gasteiger partial charge in [0.25, 0.3) is 0 Å². The van der Waals surface area contributed by atoms with Crippen LogP contribution in [-0.4, -0.2) is 35.8 Å². The van der Waals surface area contributed by atoms with E-state index in [1.165, 1.54) is 0 Å². The molecule has 0 aliphatic heterocycles. The number of hydrogen-bond donors (Lipinski definition) is 1. The molecule has 0 saturated heterocycles. The molecule has 2 aromatic rings. The van der Waals surface area contributed by atoms with E-state index in [1.807, 2.05) is 37.2 Å². The number of nitrogens with zero attached hydrogens (tertiary/aromatic N) is 4. The van der Waals surface area contributed by atoms with Gasteiger partial charge < -0.3 is 10.6 Å². The summed E-state index contributed by atoms with van der Waals surface area (Å²) >= 11 is 3.17. The Morgan fingerprint density at radius 1 is 1.39 bits per heavy atom. The molecule has 0 aliphatic carbocycles. The van der Waals surface area contributed by atoms with E-state index >= 15 is 0 Å². The van der Waals surface area contributed by atoms with Gasteiger partial charge in [-0.25, -0.2) is 0 Å². The summed E-state index contributed by atoms with van der Waals surface area (Å²) in [6, 6.07) is 5.85. The van der Waals surface area contributed by atoms with Gasteiger partial charge in [0.05, 0.1) is 10.9 Å². The molecular weight excluding hydrogens is 266 g/mol. The first-order valence-corrected chi connectivity index (χ1v) is 7.19. The van der Waals surface area contributed by atoms with E-state index in [2.05, 4.69) is 15.2 Å². The first-order chi connectivity index (χ1) is 8.70. The molecule has 1 unspecified atom stereocenters. The second kappa shape index (κ2) is 6.12. The lowest BCUT2D eigenvalue weighted by Crippen LogP contribution is -2.10. The predicted molar refractivity (Wildman–Crippen MR) is 76.1 cm³/mol. The number of thioether (sulfide) groups is 1. The maximum Gasteiger partial charge on any atom is 0.208 e. The van der Waals surface area contributed by atoms with Gasteiger partial charge in [0.15, 0.2) is 4.34 Å². The molecule has 0 aromatic carbocycles. The largest absolute Gasteiger partial charge is 0.353 e. The Balaban J connectivity index is 2.10. The van der Waals surface area contributed by atoms with Crippen LogP contribution < -0.4 is 10.6 Å². The van der Waals surface area contributed by atoms with Crippen molar-refractivity contribution >= 4 is 28.2 Å². The zero-order chi connectivity index (χ0) is 13.0. The van der Waals surface area contributed by atoms with Gasteiger partial charge in [-0.2, -0.15) is 0 Å². The Hall–Kier alpha value is -1.18. The zero-order valence-corrected chi connectivity index (χ0v) is 11.9. The molecule has 0 bridgehead atoms. The molecule has 5 nitrogen and oxygen atoms in total. The molecular formula is C11H15N5S2. The quantitative estimate of drug-likeness (QED) is 0.843. The molecule has 0 radical (unpaired) electrons. The second-order valence-corrected chi connectivity index (χ2v) is 6.25. The third-order valence-corrected chi connectivity index (χ3v) is 4.68. The van der Waals surface area contributed by atoms with E-state index in [-0.39, 0.29) is 5.25 Å². The molecule has 0 aliphatic rings. The summed E-state index contributed by atoms with van der Waals surface area (Å²) in [6.07, 6.45) is 1.78. The molecule has 7 heteroatoms. The third kappa shape index (κ3) is 3.18. The number of pyridine rings is 1. The average molecular weight is 281 g/mol. The highest BCUT2D eigenvalue weighted by molar-refractivity contribution is 8.01. The first kappa shape index (κ1) is 13.3. The Morgan fingerprint density at radius 3 is 2.78 bits per heavy atom. The zero-order valence-electron chi connectivity index (χ0n) is 10.3. The maximum absolute atomic E-state index is 5.80. The van der Waals surface area contributed by atoms with Gasteiger partial charge in [0.1, 0.15) is 0 Å². The van der Waals surface area contributed by atoms with Crippen LogP contribution in [0.25, 0.3) is 0 Å². The molecule has 96 valence electrons. The summed E-state index contributed by atoms with van der Waals surface area (Å²) in [7, 11) is 3.91. The van der Waals surface area contributed by atoms with Crippen molar-refractivity contribution in [1.82, 2.24) is 15.2 Å². The van der Waals surface area contributed by atoms with Crippen molar-refractivity contribution in [2.45, 2.75) is 9.59 Å². The van der Waals surface area contributed by atoms with Crippen LogP contribution in [0.1, 0.15) is 10.9 Å². The molecule has 0 amide bonds. The van der Waals surface area contributed by atoms with Gasteiger partial charge in [-0.05, 0) is 12.1 Å². The van der Waals surface area contributed by atoms with Gasteiger partial charge in [-0.1, -0.05) is 29.2 Å². The molecule has 2 heterocycles. The Labute approximate surface area is 114 Å². The van der Waals surface area contributed by atoms with Crippen LogP contribution in [0.3, 0.4) is 0 Å². The molecule has 2 aromatic heterocycles. The van der Waals surface area contributed by atoms with Crippen LogP contribution in [0.2, 0.25) is 0 Å². The fraction of sp³-hybridized carbons (Fsp3) is 0.364. The first-order valence-electron chi connectivity index (χ1n) is 5.49. The van der Waals surface area contributed by atoms with Crippen LogP contribution >= 0.6 is 23.1 Å².